The van der Waals surface area contributed by atoms with E-state index in [9.17, 15) is 9.59 Å². The molecule has 0 aliphatic heterocycles. The zero-order chi connectivity index (χ0) is 22.5. The molecule has 2 N–H and O–H groups in total. The largest absolute Gasteiger partial charge is 0.353 e. The van der Waals surface area contributed by atoms with E-state index in [0.29, 0.717) is 16.2 Å². The van der Waals surface area contributed by atoms with E-state index >= 15 is 0 Å². The van der Waals surface area contributed by atoms with Gasteiger partial charge >= 0.3 is 0 Å². The number of nitrogens with one attached hydrogen (secondary N) is 2. The molecule has 0 aliphatic carbocycles. The quantitative estimate of drug-likeness (QED) is 0.313. The summed E-state index contributed by atoms with van der Waals surface area (Å²) in [4.78, 5) is 33.5. The number of amides is 1. The lowest BCUT2D eigenvalue weighted by Crippen LogP contribution is -2.34. The van der Waals surface area contributed by atoms with Crippen LogP contribution in [0.2, 0.25) is 0 Å². The highest BCUT2D eigenvalue weighted by atomic mass is 32.2. The molecule has 2 aromatic carbocycles. The first-order valence-corrected chi connectivity index (χ1v) is 11.6. The molecule has 0 saturated carbocycles. The van der Waals surface area contributed by atoms with E-state index in [1.54, 1.807) is 4.57 Å². The molecule has 2 heterocycles. The van der Waals surface area contributed by atoms with E-state index < -0.39 is 0 Å². The van der Waals surface area contributed by atoms with Crippen molar-refractivity contribution in [3.05, 3.63) is 88.3 Å². The minimum atomic E-state index is -0.173. The number of hydrogen-bond donors (Lipinski definition) is 2. The number of aryl methyl sites for hydroxylation is 2. The maximum absolute atomic E-state index is 13.2. The first kappa shape index (κ1) is 21.9. The molecule has 32 heavy (non-hydrogen) atoms. The van der Waals surface area contributed by atoms with Crippen molar-refractivity contribution < 1.29 is 4.79 Å². The normalized spacial score (nSPS) is 12.1. The van der Waals surface area contributed by atoms with Crippen LogP contribution in [0.15, 0.2) is 76.7 Å². The minimum absolute atomic E-state index is 0.0578. The molecule has 0 spiro atoms. The molecule has 0 unspecified atom stereocenters. The van der Waals surface area contributed by atoms with Crippen LogP contribution in [0.3, 0.4) is 0 Å². The van der Waals surface area contributed by atoms with E-state index in [4.69, 9.17) is 0 Å². The molecule has 0 bridgehead atoms. The summed E-state index contributed by atoms with van der Waals surface area (Å²) in [5, 5.41) is 3.55. The Morgan fingerprint density at radius 3 is 2.53 bits per heavy atom. The highest BCUT2D eigenvalue weighted by molar-refractivity contribution is 7.99. The molecule has 0 saturated heterocycles. The van der Waals surface area contributed by atoms with Crippen molar-refractivity contribution in [1.82, 2.24) is 19.9 Å². The van der Waals surface area contributed by atoms with Crippen LogP contribution in [-0.4, -0.2) is 32.2 Å². The fourth-order valence-electron chi connectivity index (χ4n) is 3.63. The highest BCUT2D eigenvalue weighted by Crippen LogP contribution is 2.21. The van der Waals surface area contributed by atoms with Crippen LogP contribution in [0.1, 0.15) is 24.6 Å². The topological polar surface area (TPSA) is 79.8 Å². The van der Waals surface area contributed by atoms with Gasteiger partial charge < -0.3 is 10.3 Å². The monoisotopic (exact) mass is 446 g/mol. The maximum atomic E-state index is 13.2. The fraction of sp³-hybridized carbons (Fsp3) is 0.240. The molecule has 4 rings (SSSR count). The molecule has 4 aromatic rings. The highest BCUT2D eigenvalue weighted by Gasteiger charge is 2.17. The Hall–Kier alpha value is -3.32. The lowest BCUT2D eigenvalue weighted by Gasteiger charge is -2.15. The second-order valence-electron chi connectivity index (χ2n) is 7.86. The molecule has 0 radical (unpaired) electrons. The van der Waals surface area contributed by atoms with Gasteiger partial charge in [-0.1, -0.05) is 60.3 Å². The van der Waals surface area contributed by atoms with Gasteiger partial charge in [-0.2, -0.15) is 0 Å². The fourth-order valence-corrected chi connectivity index (χ4v) is 4.45. The Morgan fingerprint density at radius 1 is 1.12 bits per heavy atom. The van der Waals surface area contributed by atoms with E-state index in [2.05, 4.69) is 27.4 Å². The van der Waals surface area contributed by atoms with Crippen molar-refractivity contribution in [2.24, 2.45) is 0 Å². The van der Waals surface area contributed by atoms with E-state index in [1.165, 1.54) is 17.3 Å². The van der Waals surface area contributed by atoms with E-state index in [1.807, 2.05) is 68.4 Å². The summed E-state index contributed by atoms with van der Waals surface area (Å²) in [6.07, 6.45) is 1.77. The predicted octanol–water partition coefficient (Wildman–Crippen LogP) is 4.25. The molecule has 1 atom stereocenters. The third-order valence-electron chi connectivity index (χ3n) is 5.22. The van der Waals surface area contributed by atoms with Gasteiger partial charge in [-0.25, -0.2) is 4.98 Å². The predicted molar refractivity (Wildman–Crippen MR) is 130 cm³/mol. The van der Waals surface area contributed by atoms with E-state index in [-0.39, 0.29) is 23.3 Å². The SMILES string of the molecule is Cc1cc2nc(SCC(=O)N[C@@H](C)CCc3ccccc3)n(-c3ccccc3)c(=O)c2[nH]1. The van der Waals surface area contributed by atoms with Gasteiger partial charge in [0.25, 0.3) is 5.56 Å². The van der Waals surface area contributed by atoms with E-state index in [0.717, 1.165) is 24.2 Å². The average molecular weight is 447 g/mol. The number of thioether (sulfide) groups is 1. The Labute approximate surface area is 191 Å². The van der Waals surface area contributed by atoms with Crippen LogP contribution in [0, 0.1) is 6.92 Å². The first-order chi connectivity index (χ1) is 15.5. The molecule has 1 amide bonds. The molecule has 2 aromatic heterocycles. The summed E-state index contributed by atoms with van der Waals surface area (Å²) >= 11 is 1.27. The number of H-pyrrole nitrogens is 1. The van der Waals surface area contributed by atoms with Crippen molar-refractivity contribution in [2.45, 2.75) is 37.9 Å². The number of aromatic nitrogens is 3. The zero-order valence-electron chi connectivity index (χ0n) is 18.2. The number of nitrogens with zero attached hydrogens (tertiary/aromatic N) is 2. The van der Waals surface area contributed by atoms with Crippen LogP contribution < -0.4 is 10.9 Å². The van der Waals surface area contributed by atoms with Crippen LogP contribution in [0.25, 0.3) is 16.7 Å². The molecule has 164 valence electrons. The number of hydrogen-bond acceptors (Lipinski definition) is 4. The molecular formula is C25H26N4O2S. The average Bonchev–Trinajstić information content (AvgIpc) is 3.18. The summed E-state index contributed by atoms with van der Waals surface area (Å²) in [7, 11) is 0. The third kappa shape index (κ3) is 5.11. The second kappa shape index (κ2) is 9.87. The van der Waals surface area contributed by atoms with Crippen LogP contribution in [0.4, 0.5) is 0 Å². The number of carbonyl (C=O) groups excluding carboxylic acids is 1. The number of benzene rings is 2. The van der Waals surface area contributed by atoms with Crippen molar-refractivity contribution in [3.63, 3.8) is 0 Å². The minimum Gasteiger partial charge on any atom is -0.353 e. The summed E-state index contributed by atoms with van der Waals surface area (Å²) in [5.41, 5.74) is 3.76. The van der Waals surface area contributed by atoms with Crippen LogP contribution >= 0.6 is 11.8 Å². The first-order valence-electron chi connectivity index (χ1n) is 10.6. The number of para-hydroxylation sites is 1. The molecule has 0 fully saturated rings. The molecule has 0 aliphatic rings. The second-order valence-corrected chi connectivity index (χ2v) is 8.81. The van der Waals surface area contributed by atoms with Gasteiger partial charge in [0.05, 0.1) is 17.0 Å². The molecule has 6 nitrogen and oxygen atoms in total. The van der Waals surface area contributed by atoms with Gasteiger partial charge in [-0.15, -0.1) is 0 Å². The van der Waals surface area contributed by atoms with Crippen molar-refractivity contribution >= 4 is 28.7 Å². The number of rotatable bonds is 8. The summed E-state index contributed by atoms with van der Waals surface area (Å²) in [5.74, 6) is 0.110. The number of fused-ring (bicyclic) bond motifs is 1. The van der Waals surface area contributed by atoms with Crippen molar-refractivity contribution in [2.75, 3.05) is 5.75 Å². The lowest BCUT2D eigenvalue weighted by molar-refractivity contribution is -0.119. The standard InChI is InChI=1S/C25H26N4O2S/c1-17(13-14-19-9-5-3-6-10-19)26-22(30)16-32-25-28-21-15-18(2)27-23(21)24(31)29(25)20-11-7-4-8-12-20/h3-12,15,17,27H,13-14,16H2,1-2H3,(H,26,30)/t17-/m0/s1. The van der Waals surface area contributed by atoms with Gasteiger partial charge in [0.1, 0.15) is 5.52 Å². The van der Waals surface area contributed by atoms with Gasteiger partial charge in [0.15, 0.2) is 5.16 Å². The molecular weight excluding hydrogens is 420 g/mol. The lowest BCUT2D eigenvalue weighted by atomic mass is 10.1. The van der Waals surface area contributed by atoms with Gasteiger partial charge in [0, 0.05) is 11.7 Å². The summed E-state index contributed by atoms with van der Waals surface area (Å²) < 4.78 is 1.56. The third-order valence-corrected chi connectivity index (χ3v) is 6.16. The van der Waals surface area contributed by atoms with Crippen molar-refractivity contribution in [3.8, 4) is 5.69 Å². The summed E-state index contributed by atoms with van der Waals surface area (Å²) in [6, 6.07) is 21.5. The number of aromatic amines is 1. The Bertz CT molecular complexity index is 1270. The molecule has 7 heteroatoms. The van der Waals surface area contributed by atoms with Gasteiger partial charge in [-0.3, -0.25) is 14.2 Å². The smallest absolute Gasteiger partial charge is 0.283 e. The van der Waals surface area contributed by atoms with Gasteiger partial charge in [0.2, 0.25) is 5.91 Å². The zero-order valence-corrected chi connectivity index (χ0v) is 19.0. The number of carbonyl (C=O) groups is 1. The van der Waals surface area contributed by atoms with Crippen LogP contribution in [-0.2, 0) is 11.2 Å². The summed E-state index contributed by atoms with van der Waals surface area (Å²) in [6.45, 7) is 3.91. The Morgan fingerprint density at radius 2 is 1.81 bits per heavy atom. The maximum Gasteiger partial charge on any atom is 0.283 e. The Kier molecular flexibility index (Phi) is 6.75. The Balaban J connectivity index is 1.47. The van der Waals surface area contributed by atoms with Gasteiger partial charge in [-0.05, 0) is 50.5 Å². The van der Waals surface area contributed by atoms with Crippen LogP contribution in [0.5, 0.6) is 0 Å². The van der Waals surface area contributed by atoms with Crippen molar-refractivity contribution in [1.29, 1.82) is 0 Å².